The van der Waals surface area contributed by atoms with E-state index in [1.807, 2.05) is 36.4 Å². The summed E-state index contributed by atoms with van der Waals surface area (Å²) >= 11 is 0. The third-order valence-corrected chi connectivity index (χ3v) is 6.18. The second-order valence-corrected chi connectivity index (χ2v) is 9.30. The smallest absolute Gasteiger partial charge is 0.407 e. The SMILES string of the molecule is O=C(O)C/C=C/CC(=O)OCOC(=O)C/C=C/CNOC(=O)C/C=C/CNC(=O)OCC1c2ccccc2-c2ccccc21. The van der Waals surface area contributed by atoms with Crippen molar-refractivity contribution in [3.63, 3.8) is 0 Å². The van der Waals surface area contributed by atoms with Crippen molar-refractivity contribution in [1.82, 2.24) is 10.8 Å². The lowest BCUT2D eigenvalue weighted by Gasteiger charge is -2.14. The molecule has 232 valence electrons. The molecule has 12 nitrogen and oxygen atoms in total. The van der Waals surface area contributed by atoms with Gasteiger partial charge in [-0.25, -0.2) is 4.79 Å². The zero-order chi connectivity index (χ0) is 31.6. The average molecular weight is 607 g/mol. The molecule has 0 unspecified atom stereocenters. The third kappa shape index (κ3) is 11.6. The van der Waals surface area contributed by atoms with Crippen molar-refractivity contribution in [2.45, 2.75) is 31.6 Å². The topological polar surface area (TPSA) is 167 Å². The Balaban J connectivity index is 1.19. The highest BCUT2D eigenvalue weighted by Crippen LogP contribution is 2.44. The van der Waals surface area contributed by atoms with E-state index in [1.54, 1.807) is 18.2 Å². The molecule has 0 aliphatic heterocycles. The number of rotatable bonds is 17. The fourth-order valence-electron chi connectivity index (χ4n) is 4.17. The molecule has 44 heavy (non-hydrogen) atoms. The van der Waals surface area contributed by atoms with Crippen molar-refractivity contribution in [2.24, 2.45) is 0 Å². The maximum atomic E-state index is 12.2. The summed E-state index contributed by atoms with van der Waals surface area (Å²) in [6.45, 7) is -0.0185. The first-order valence-corrected chi connectivity index (χ1v) is 13.8. The van der Waals surface area contributed by atoms with Crippen LogP contribution in [0.15, 0.2) is 85.0 Å². The second-order valence-electron chi connectivity index (χ2n) is 9.30. The monoisotopic (exact) mass is 606 g/mol. The molecule has 1 amide bonds. The van der Waals surface area contributed by atoms with Gasteiger partial charge in [0.15, 0.2) is 0 Å². The first-order chi connectivity index (χ1) is 21.3. The summed E-state index contributed by atoms with van der Waals surface area (Å²) in [5.74, 6) is -2.89. The minimum atomic E-state index is -1.02. The summed E-state index contributed by atoms with van der Waals surface area (Å²) in [5, 5.41) is 11.1. The van der Waals surface area contributed by atoms with Crippen LogP contribution in [-0.4, -0.2) is 61.6 Å². The number of esters is 2. The van der Waals surface area contributed by atoms with E-state index in [1.165, 1.54) is 18.2 Å². The van der Waals surface area contributed by atoms with Crippen molar-refractivity contribution in [3.05, 3.63) is 96.1 Å². The Morgan fingerprint density at radius 1 is 0.659 bits per heavy atom. The van der Waals surface area contributed by atoms with Crippen molar-refractivity contribution < 1.29 is 48.1 Å². The summed E-state index contributed by atoms with van der Waals surface area (Å²) in [6, 6.07) is 16.2. The largest absolute Gasteiger partial charge is 0.481 e. The van der Waals surface area contributed by atoms with Crippen LogP contribution in [0.3, 0.4) is 0 Å². The predicted octanol–water partition coefficient (Wildman–Crippen LogP) is 3.93. The molecule has 0 heterocycles. The fraction of sp³-hybridized carbons (Fsp3) is 0.281. The van der Waals surface area contributed by atoms with Gasteiger partial charge in [0.05, 0.1) is 25.7 Å². The van der Waals surface area contributed by atoms with Gasteiger partial charge in [0.1, 0.15) is 6.61 Å². The summed E-state index contributed by atoms with van der Waals surface area (Å²) in [4.78, 5) is 62.2. The van der Waals surface area contributed by atoms with Gasteiger partial charge >= 0.3 is 30.0 Å². The van der Waals surface area contributed by atoms with Gasteiger partial charge in [-0.2, -0.15) is 0 Å². The molecule has 2 aromatic rings. The van der Waals surface area contributed by atoms with E-state index >= 15 is 0 Å². The molecule has 1 aliphatic carbocycles. The molecular formula is C32H34N2O10. The van der Waals surface area contributed by atoms with E-state index in [0.717, 1.165) is 22.3 Å². The molecule has 0 aromatic heterocycles. The van der Waals surface area contributed by atoms with Gasteiger partial charge in [0.25, 0.3) is 0 Å². The quantitative estimate of drug-likeness (QED) is 0.0596. The normalized spacial score (nSPS) is 12.2. The predicted molar refractivity (Wildman–Crippen MR) is 158 cm³/mol. The lowest BCUT2D eigenvalue weighted by atomic mass is 9.98. The van der Waals surface area contributed by atoms with Crippen LogP contribution in [0, 0.1) is 0 Å². The minimum absolute atomic E-state index is 0.0243. The number of carboxylic acids is 1. The number of hydroxylamine groups is 1. The van der Waals surface area contributed by atoms with E-state index in [4.69, 9.17) is 24.2 Å². The molecule has 3 rings (SSSR count). The molecular weight excluding hydrogens is 572 g/mol. The van der Waals surface area contributed by atoms with Crippen LogP contribution in [0.1, 0.15) is 42.7 Å². The minimum Gasteiger partial charge on any atom is -0.481 e. The van der Waals surface area contributed by atoms with Gasteiger partial charge in [-0.1, -0.05) is 85.0 Å². The standard InChI is InChI=1S/C32H34N2O10/c35-28(36)15-5-6-16-29(37)42-22-43-30(38)17-8-10-20-34-44-31(39)18-7-9-19-33-32(40)41-21-27-25-13-3-1-11-23(25)24-12-2-4-14-26(24)27/h1-14,27,34H,15-22H2,(H,33,40)(H,35,36)/b6-5+,9-7+,10-8+. The number of fused-ring (bicyclic) bond motifs is 3. The number of nitrogens with one attached hydrogen (secondary N) is 2. The van der Waals surface area contributed by atoms with Crippen LogP contribution in [0.2, 0.25) is 0 Å². The second kappa shape index (κ2) is 18.3. The van der Waals surface area contributed by atoms with E-state index in [9.17, 15) is 24.0 Å². The van der Waals surface area contributed by atoms with Gasteiger partial charge in [-0.05, 0) is 22.3 Å². The number of carboxylic acid groups (broad SMARTS) is 1. The molecule has 12 heteroatoms. The highest BCUT2D eigenvalue weighted by molar-refractivity contribution is 5.79. The Morgan fingerprint density at radius 3 is 1.80 bits per heavy atom. The van der Waals surface area contributed by atoms with Crippen molar-refractivity contribution in [1.29, 1.82) is 0 Å². The van der Waals surface area contributed by atoms with Gasteiger partial charge in [-0.3, -0.25) is 19.2 Å². The number of carbonyl (C=O) groups is 5. The summed E-state index contributed by atoms with van der Waals surface area (Å²) < 4.78 is 14.9. The highest BCUT2D eigenvalue weighted by Gasteiger charge is 2.28. The lowest BCUT2D eigenvalue weighted by Crippen LogP contribution is -2.26. The zero-order valence-electron chi connectivity index (χ0n) is 23.9. The van der Waals surface area contributed by atoms with E-state index in [0.29, 0.717) is 0 Å². The van der Waals surface area contributed by atoms with Crippen LogP contribution >= 0.6 is 0 Å². The molecule has 0 atom stereocenters. The third-order valence-electron chi connectivity index (χ3n) is 6.18. The van der Waals surface area contributed by atoms with Crippen LogP contribution in [0.4, 0.5) is 4.79 Å². The summed E-state index contributed by atoms with van der Waals surface area (Å²) in [7, 11) is 0. The maximum absolute atomic E-state index is 12.2. The zero-order valence-corrected chi connectivity index (χ0v) is 23.9. The first-order valence-electron chi connectivity index (χ1n) is 13.8. The van der Waals surface area contributed by atoms with Crippen LogP contribution in [-0.2, 0) is 38.2 Å². The highest BCUT2D eigenvalue weighted by atomic mass is 16.7. The number of aliphatic carboxylic acids is 1. The number of amides is 1. The van der Waals surface area contributed by atoms with E-state index in [2.05, 4.69) is 22.9 Å². The average Bonchev–Trinajstić information content (AvgIpc) is 3.33. The Kier molecular flexibility index (Phi) is 13.9. The summed E-state index contributed by atoms with van der Waals surface area (Å²) in [6.07, 6.45) is 7.85. The van der Waals surface area contributed by atoms with Gasteiger partial charge < -0.3 is 29.5 Å². The van der Waals surface area contributed by atoms with Crippen LogP contribution in [0.5, 0.6) is 0 Å². The lowest BCUT2D eigenvalue weighted by molar-refractivity contribution is -0.166. The number of ether oxygens (including phenoxy) is 3. The Morgan fingerprint density at radius 2 is 1.18 bits per heavy atom. The summed E-state index contributed by atoms with van der Waals surface area (Å²) in [5.41, 5.74) is 7.00. The molecule has 1 aliphatic rings. The van der Waals surface area contributed by atoms with E-state index < -0.39 is 36.8 Å². The Hall–Kier alpha value is -5.23. The number of alkyl carbamates (subject to hydrolysis) is 1. The first kappa shape index (κ1) is 33.3. The molecule has 0 radical (unpaired) electrons. The molecule has 0 bridgehead atoms. The number of hydrogen-bond acceptors (Lipinski definition) is 10. The number of benzene rings is 2. The Bertz CT molecular complexity index is 1350. The molecule has 0 fully saturated rings. The van der Waals surface area contributed by atoms with E-state index in [-0.39, 0.29) is 51.3 Å². The van der Waals surface area contributed by atoms with Crippen molar-refractivity contribution in [3.8, 4) is 11.1 Å². The fourth-order valence-corrected chi connectivity index (χ4v) is 4.17. The Labute approximate surface area is 254 Å². The van der Waals surface area contributed by atoms with Crippen molar-refractivity contribution >= 4 is 30.0 Å². The molecule has 0 saturated heterocycles. The van der Waals surface area contributed by atoms with Gasteiger partial charge in [0.2, 0.25) is 6.79 Å². The molecule has 3 N–H and O–H groups in total. The number of hydrogen-bond donors (Lipinski definition) is 3. The van der Waals surface area contributed by atoms with Crippen LogP contribution < -0.4 is 10.8 Å². The van der Waals surface area contributed by atoms with Gasteiger partial charge in [0, 0.05) is 19.0 Å². The van der Waals surface area contributed by atoms with Crippen molar-refractivity contribution in [2.75, 3.05) is 26.5 Å². The maximum Gasteiger partial charge on any atom is 0.407 e. The molecule has 2 aromatic carbocycles. The number of carbonyl (C=O) groups excluding carboxylic acids is 4. The van der Waals surface area contributed by atoms with Crippen LogP contribution in [0.25, 0.3) is 11.1 Å². The van der Waals surface area contributed by atoms with Gasteiger partial charge in [-0.15, -0.1) is 5.48 Å². The molecule has 0 spiro atoms. The molecule has 0 saturated carbocycles.